The lowest BCUT2D eigenvalue weighted by molar-refractivity contribution is -0.132. The number of halogens is 2. The number of hydrogen-bond acceptors (Lipinski definition) is 4. The second-order valence-corrected chi connectivity index (χ2v) is 6.49. The molecular weight excluding hydrogens is 365 g/mol. The normalized spacial score (nSPS) is 15.2. The first-order valence-corrected chi connectivity index (χ1v) is 8.49. The molecular formula is C17H23Cl2N3OS. The van der Waals surface area contributed by atoms with Gasteiger partial charge in [-0.15, -0.1) is 36.2 Å². The van der Waals surface area contributed by atoms with Gasteiger partial charge in [0.15, 0.2) is 0 Å². The van der Waals surface area contributed by atoms with Crippen molar-refractivity contribution in [3.05, 3.63) is 53.4 Å². The Bertz CT molecular complexity index is 602. The summed E-state index contributed by atoms with van der Waals surface area (Å²) in [5, 5.41) is 3.36. The summed E-state index contributed by atoms with van der Waals surface area (Å²) < 4.78 is 0. The van der Waals surface area contributed by atoms with Crippen LogP contribution in [-0.4, -0.2) is 43.0 Å². The summed E-state index contributed by atoms with van der Waals surface area (Å²) in [4.78, 5) is 16.7. The predicted molar refractivity (Wildman–Crippen MR) is 106 cm³/mol. The number of rotatable bonds is 4. The van der Waals surface area contributed by atoms with Gasteiger partial charge in [-0.2, -0.15) is 0 Å². The van der Waals surface area contributed by atoms with E-state index in [0.29, 0.717) is 6.42 Å². The third-order valence-electron chi connectivity index (χ3n) is 4.02. The fraction of sp³-hybridized carbons (Fsp3) is 0.353. The highest BCUT2D eigenvalue weighted by atomic mass is 35.5. The van der Waals surface area contributed by atoms with Crippen LogP contribution in [0.3, 0.4) is 0 Å². The van der Waals surface area contributed by atoms with Crippen molar-refractivity contribution in [1.29, 1.82) is 0 Å². The Morgan fingerprint density at radius 3 is 2.29 bits per heavy atom. The molecule has 3 rings (SSSR count). The second-order valence-electron chi connectivity index (χ2n) is 5.56. The number of thiophene rings is 1. The molecule has 1 saturated heterocycles. The average molecular weight is 388 g/mol. The Morgan fingerprint density at radius 2 is 1.71 bits per heavy atom. The van der Waals surface area contributed by atoms with E-state index in [1.807, 2.05) is 35.2 Å². The largest absolute Gasteiger partial charge is 0.360 e. The molecule has 2 heterocycles. The van der Waals surface area contributed by atoms with E-state index in [9.17, 15) is 4.79 Å². The highest BCUT2D eigenvalue weighted by molar-refractivity contribution is 7.14. The molecule has 1 atom stereocenters. The fourth-order valence-corrected chi connectivity index (χ4v) is 3.57. The lowest BCUT2D eigenvalue weighted by Gasteiger charge is -2.36. The van der Waals surface area contributed by atoms with Crippen LogP contribution in [0.4, 0.5) is 5.00 Å². The summed E-state index contributed by atoms with van der Waals surface area (Å²) in [5.74, 6) is 0.0645. The molecule has 0 bridgehead atoms. The number of piperazine rings is 1. The molecule has 1 aromatic heterocycles. The van der Waals surface area contributed by atoms with Gasteiger partial charge in [-0.25, -0.2) is 0 Å². The lowest BCUT2D eigenvalue weighted by Crippen LogP contribution is -2.53. The standard InChI is InChI=1S/C17H21N3OS.2ClH/c18-15(13-14-5-2-1-3-6-14)17(21)20-10-8-19(9-11-20)16-7-4-12-22-16;;/h1-7,12,15H,8-11,13,18H2;2*1H. The van der Waals surface area contributed by atoms with Crippen LogP contribution in [0.2, 0.25) is 0 Å². The van der Waals surface area contributed by atoms with Crippen molar-refractivity contribution in [2.45, 2.75) is 12.5 Å². The van der Waals surface area contributed by atoms with Gasteiger partial charge in [-0.3, -0.25) is 4.79 Å². The van der Waals surface area contributed by atoms with Crippen LogP contribution in [0, 0.1) is 0 Å². The highest BCUT2D eigenvalue weighted by Crippen LogP contribution is 2.22. The summed E-state index contributed by atoms with van der Waals surface area (Å²) >= 11 is 1.74. The van der Waals surface area contributed by atoms with Crippen LogP contribution in [-0.2, 0) is 11.2 Å². The first-order valence-electron chi connectivity index (χ1n) is 7.61. The quantitative estimate of drug-likeness (QED) is 0.877. The number of carbonyl (C=O) groups is 1. The number of nitrogens with zero attached hydrogens (tertiary/aromatic N) is 2. The molecule has 132 valence electrons. The smallest absolute Gasteiger partial charge is 0.239 e. The van der Waals surface area contributed by atoms with Crippen LogP contribution in [0.5, 0.6) is 0 Å². The number of benzene rings is 1. The molecule has 1 aliphatic heterocycles. The number of anilines is 1. The summed E-state index contributed by atoms with van der Waals surface area (Å²) in [5.41, 5.74) is 7.22. The van der Waals surface area contributed by atoms with Gasteiger partial charge in [0.2, 0.25) is 5.91 Å². The van der Waals surface area contributed by atoms with Crippen LogP contribution in [0.1, 0.15) is 5.56 Å². The van der Waals surface area contributed by atoms with Gasteiger partial charge in [0.25, 0.3) is 0 Å². The maximum atomic E-state index is 12.5. The van der Waals surface area contributed by atoms with E-state index in [-0.39, 0.29) is 30.7 Å². The van der Waals surface area contributed by atoms with Crippen molar-refractivity contribution in [2.75, 3.05) is 31.1 Å². The monoisotopic (exact) mass is 387 g/mol. The van der Waals surface area contributed by atoms with Crippen molar-refractivity contribution in [2.24, 2.45) is 5.73 Å². The van der Waals surface area contributed by atoms with E-state index in [0.717, 1.165) is 31.7 Å². The van der Waals surface area contributed by atoms with Crippen LogP contribution >= 0.6 is 36.2 Å². The van der Waals surface area contributed by atoms with Gasteiger partial charge in [0.05, 0.1) is 11.0 Å². The van der Waals surface area contributed by atoms with Crippen LogP contribution < -0.4 is 10.6 Å². The number of hydrogen-bond donors (Lipinski definition) is 1. The SMILES string of the molecule is Cl.Cl.NC(Cc1ccccc1)C(=O)N1CCN(c2cccs2)CC1. The van der Waals surface area contributed by atoms with E-state index in [1.54, 1.807) is 11.3 Å². The molecule has 2 N–H and O–H groups in total. The molecule has 7 heteroatoms. The molecule has 0 aliphatic carbocycles. The molecule has 0 spiro atoms. The van der Waals surface area contributed by atoms with Crippen LogP contribution in [0.15, 0.2) is 47.8 Å². The minimum Gasteiger partial charge on any atom is -0.360 e. The first kappa shape index (κ1) is 20.8. The summed E-state index contributed by atoms with van der Waals surface area (Å²) in [6.07, 6.45) is 0.602. The number of carbonyl (C=O) groups excluding carboxylic acids is 1. The van der Waals surface area contributed by atoms with Gasteiger partial charge in [0.1, 0.15) is 0 Å². The molecule has 1 aromatic carbocycles. The number of amides is 1. The van der Waals surface area contributed by atoms with Crippen molar-refractivity contribution in [3.8, 4) is 0 Å². The molecule has 1 aliphatic rings. The average Bonchev–Trinajstić information content (AvgIpc) is 3.10. The molecule has 2 aromatic rings. The second kappa shape index (κ2) is 9.89. The summed E-state index contributed by atoms with van der Waals surface area (Å²) in [6.45, 7) is 3.26. The number of nitrogens with two attached hydrogens (primary N) is 1. The van der Waals surface area contributed by atoms with E-state index in [2.05, 4.69) is 22.4 Å². The zero-order valence-corrected chi connectivity index (χ0v) is 15.8. The van der Waals surface area contributed by atoms with Crippen molar-refractivity contribution >= 4 is 47.1 Å². The minimum atomic E-state index is -0.448. The topological polar surface area (TPSA) is 49.6 Å². The maximum absolute atomic E-state index is 12.5. The van der Waals surface area contributed by atoms with Crippen molar-refractivity contribution in [1.82, 2.24) is 4.90 Å². The Balaban J connectivity index is 0.00000144. The molecule has 0 radical (unpaired) electrons. The molecule has 1 amide bonds. The lowest BCUT2D eigenvalue weighted by atomic mass is 10.1. The summed E-state index contributed by atoms with van der Waals surface area (Å²) in [6, 6.07) is 13.7. The third kappa shape index (κ3) is 5.11. The van der Waals surface area contributed by atoms with Gasteiger partial charge in [-0.1, -0.05) is 30.3 Å². The van der Waals surface area contributed by atoms with Crippen molar-refractivity contribution < 1.29 is 4.79 Å². The first-order chi connectivity index (χ1) is 10.7. The van der Waals surface area contributed by atoms with Gasteiger partial charge in [0, 0.05) is 26.2 Å². The molecule has 1 unspecified atom stereocenters. The van der Waals surface area contributed by atoms with Crippen LogP contribution in [0.25, 0.3) is 0 Å². The Hall–Kier alpha value is -1.27. The minimum absolute atomic E-state index is 0. The molecule has 4 nitrogen and oxygen atoms in total. The summed E-state index contributed by atoms with van der Waals surface area (Å²) in [7, 11) is 0. The van der Waals surface area contributed by atoms with Gasteiger partial charge < -0.3 is 15.5 Å². The Kier molecular flexibility index (Phi) is 8.56. The van der Waals surface area contributed by atoms with E-state index in [4.69, 9.17) is 5.73 Å². The Labute approximate surface area is 159 Å². The predicted octanol–water partition coefficient (Wildman–Crippen LogP) is 2.81. The zero-order valence-electron chi connectivity index (χ0n) is 13.3. The molecule has 0 saturated carbocycles. The molecule has 1 fully saturated rings. The van der Waals surface area contributed by atoms with E-state index >= 15 is 0 Å². The Morgan fingerprint density at radius 1 is 1.04 bits per heavy atom. The third-order valence-corrected chi connectivity index (χ3v) is 4.95. The molecule has 24 heavy (non-hydrogen) atoms. The fourth-order valence-electron chi connectivity index (χ4n) is 2.79. The van der Waals surface area contributed by atoms with E-state index < -0.39 is 6.04 Å². The highest BCUT2D eigenvalue weighted by Gasteiger charge is 2.25. The van der Waals surface area contributed by atoms with Gasteiger partial charge in [-0.05, 0) is 29.5 Å². The van der Waals surface area contributed by atoms with Crippen molar-refractivity contribution in [3.63, 3.8) is 0 Å². The maximum Gasteiger partial charge on any atom is 0.239 e. The zero-order chi connectivity index (χ0) is 15.4. The van der Waals surface area contributed by atoms with E-state index in [1.165, 1.54) is 5.00 Å². The van der Waals surface area contributed by atoms with Gasteiger partial charge >= 0.3 is 0 Å².